The minimum Gasteiger partial charge on any atom is -0.286 e. The van der Waals surface area contributed by atoms with Gasteiger partial charge in [0.05, 0.1) is 12.2 Å². The lowest BCUT2D eigenvalue weighted by Crippen LogP contribution is -1.91. The molecule has 0 aliphatic carbocycles. The Balaban J connectivity index is 2.66. The van der Waals surface area contributed by atoms with Crippen molar-refractivity contribution >= 4 is 17.8 Å². The van der Waals surface area contributed by atoms with Crippen LogP contribution in [0.25, 0.3) is 0 Å². The van der Waals surface area contributed by atoms with Gasteiger partial charge in [-0.05, 0) is 0 Å². The quantitative estimate of drug-likeness (QED) is 0.523. The van der Waals surface area contributed by atoms with E-state index in [0.717, 1.165) is 11.3 Å². The van der Waals surface area contributed by atoms with Gasteiger partial charge in [-0.2, -0.15) is 0 Å². The van der Waals surface area contributed by atoms with Crippen molar-refractivity contribution in [1.29, 1.82) is 0 Å². The smallest absolute Gasteiger partial charge is 0.138 e. The minimum atomic E-state index is 0.516. The Hall–Kier alpha value is -0.960. The van der Waals surface area contributed by atoms with Crippen LogP contribution < -0.4 is 0 Å². The molecular weight excluding hydrogens is 150 g/mol. The molecule has 2 heterocycles. The first kappa shape index (κ1) is 5.80. The van der Waals surface area contributed by atoms with Gasteiger partial charge in [-0.1, -0.05) is 11.6 Å². The highest BCUT2D eigenvalue weighted by Crippen LogP contribution is 2.18. The molecule has 2 rings (SSSR count). The third-order valence-electron chi connectivity index (χ3n) is 1.39. The molecule has 0 saturated carbocycles. The van der Waals surface area contributed by atoms with Gasteiger partial charge >= 0.3 is 0 Å². The molecule has 0 N–H and O–H groups in total. The molecule has 0 unspecified atom stereocenters. The molecule has 0 radical (unpaired) electrons. The molecule has 0 aromatic carbocycles. The van der Waals surface area contributed by atoms with Crippen LogP contribution in [0.15, 0.2) is 11.3 Å². The molecule has 50 valence electrons. The zero-order valence-electron chi connectivity index (χ0n) is 5.08. The van der Waals surface area contributed by atoms with Crippen LogP contribution >= 0.6 is 11.6 Å². The normalized spacial score (nSPS) is 13.7. The first-order valence-corrected chi connectivity index (χ1v) is 3.25. The third-order valence-corrected chi connectivity index (χ3v) is 1.71. The van der Waals surface area contributed by atoms with Crippen LogP contribution in [-0.4, -0.2) is 16.2 Å². The molecule has 10 heavy (non-hydrogen) atoms. The van der Waals surface area contributed by atoms with Gasteiger partial charge in [0.15, 0.2) is 0 Å². The molecule has 1 aliphatic rings. The van der Waals surface area contributed by atoms with Gasteiger partial charge in [-0.25, -0.2) is 9.97 Å². The summed E-state index contributed by atoms with van der Waals surface area (Å²) in [6, 6.07) is 0. The van der Waals surface area contributed by atoms with Crippen molar-refractivity contribution < 1.29 is 0 Å². The largest absolute Gasteiger partial charge is 0.286 e. The van der Waals surface area contributed by atoms with Crippen molar-refractivity contribution in [3.63, 3.8) is 0 Å². The highest BCUT2D eigenvalue weighted by molar-refractivity contribution is 6.30. The average molecular weight is 154 g/mol. The van der Waals surface area contributed by atoms with Crippen LogP contribution in [0.3, 0.4) is 0 Å². The lowest BCUT2D eigenvalue weighted by atomic mass is 10.3. The second kappa shape index (κ2) is 2.02. The number of halogens is 1. The molecule has 0 fully saturated rings. The van der Waals surface area contributed by atoms with Crippen molar-refractivity contribution in [3.05, 3.63) is 22.7 Å². The summed E-state index contributed by atoms with van der Waals surface area (Å²) in [5.41, 5.74) is 1.78. The van der Waals surface area contributed by atoms with E-state index in [2.05, 4.69) is 15.0 Å². The zero-order valence-corrected chi connectivity index (χ0v) is 5.84. The number of fused-ring (bicyclic) bond motifs is 1. The van der Waals surface area contributed by atoms with Crippen LogP contribution in [0, 0.1) is 0 Å². The topological polar surface area (TPSA) is 38.1 Å². The van der Waals surface area contributed by atoms with E-state index in [-0.39, 0.29) is 0 Å². The van der Waals surface area contributed by atoms with Gasteiger partial charge in [-0.3, -0.25) is 4.99 Å². The molecule has 0 bridgehead atoms. The van der Waals surface area contributed by atoms with E-state index < -0.39 is 0 Å². The maximum Gasteiger partial charge on any atom is 0.138 e. The highest BCUT2D eigenvalue weighted by Gasteiger charge is 2.10. The molecule has 3 nitrogen and oxygen atoms in total. The van der Waals surface area contributed by atoms with Crippen LogP contribution in [-0.2, 0) is 6.54 Å². The number of rotatable bonds is 0. The fourth-order valence-corrected chi connectivity index (χ4v) is 1.08. The minimum absolute atomic E-state index is 0.516. The van der Waals surface area contributed by atoms with E-state index in [1.807, 2.05) is 0 Å². The maximum atomic E-state index is 5.74. The van der Waals surface area contributed by atoms with E-state index in [4.69, 9.17) is 11.6 Å². The second-order valence-electron chi connectivity index (χ2n) is 2.00. The number of nitrogens with zero attached hydrogens (tertiary/aromatic N) is 3. The number of aliphatic imine (C=N–C) groups is 1. The van der Waals surface area contributed by atoms with E-state index in [0.29, 0.717) is 11.7 Å². The van der Waals surface area contributed by atoms with Gasteiger partial charge in [-0.15, -0.1) is 0 Å². The highest BCUT2D eigenvalue weighted by atomic mass is 35.5. The Labute approximate surface area is 62.8 Å². The number of aromatic nitrogens is 2. The summed E-state index contributed by atoms with van der Waals surface area (Å²) in [6.07, 6.45) is 3.15. The zero-order chi connectivity index (χ0) is 6.97. The number of hydrogen-bond donors (Lipinski definition) is 0. The summed E-state index contributed by atoms with van der Waals surface area (Å²) in [5, 5.41) is 0.516. The Morgan fingerprint density at radius 3 is 3.10 bits per heavy atom. The van der Waals surface area contributed by atoms with E-state index in [1.165, 1.54) is 6.33 Å². The van der Waals surface area contributed by atoms with Crippen LogP contribution in [0.4, 0.5) is 0 Å². The predicted octanol–water partition coefficient (Wildman–Crippen LogP) is 1.06. The SMILES string of the molecule is Clc1ncnc2c1CN=C2. The summed E-state index contributed by atoms with van der Waals surface area (Å²) in [5.74, 6) is 0. The fraction of sp³-hybridized carbons (Fsp3) is 0.167. The Morgan fingerprint density at radius 1 is 1.40 bits per heavy atom. The summed E-state index contributed by atoms with van der Waals surface area (Å²) in [4.78, 5) is 11.8. The molecule has 0 saturated heterocycles. The third kappa shape index (κ3) is 0.708. The van der Waals surface area contributed by atoms with Gasteiger partial charge < -0.3 is 0 Å². The van der Waals surface area contributed by atoms with Crippen LogP contribution in [0.2, 0.25) is 5.15 Å². The van der Waals surface area contributed by atoms with Crippen LogP contribution in [0.5, 0.6) is 0 Å². The van der Waals surface area contributed by atoms with Gasteiger partial charge in [0.1, 0.15) is 11.5 Å². The summed E-state index contributed by atoms with van der Waals surface area (Å²) >= 11 is 5.74. The average Bonchev–Trinajstić information content (AvgIpc) is 2.36. The van der Waals surface area contributed by atoms with E-state index >= 15 is 0 Å². The number of hydrogen-bond acceptors (Lipinski definition) is 3. The monoisotopic (exact) mass is 153 g/mol. The Bertz CT molecular complexity index is 295. The predicted molar refractivity (Wildman–Crippen MR) is 38.3 cm³/mol. The fourth-order valence-electron chi connectivity index (χ4n) is 0.884. The standard InChI is InChI=1S/C6H4ClN3/c7-6-4-1-8-2-5(4)9-3-10-6/h2-3H,1H2. The van der Waals surface area contributed by atoms with Crippen molar-refractivity contribution in [2.45, 2.75) is 6.54 Å². The van der Waals surface area contributed by atoms with Crippen molar-refractivity contribution in [2.75, 3.05) is 0 Å². The molecule has 1 aliphatic heterocycles. The lowest BCUT2D eigenvalue weighted by molar-refractivity contribution is 1.04. The van der Waals surface area contributed by atoms with Gasteiger partial charge in [0.25, 0.3) is 0 Å². The maximum absolute atomic E-state index is 5.74. The van der Waals surface area contributed by atoms with Gasteiger partial charge in [0, 0.05) is 11.8 Å². The summed E-state index contributed by atoms with van der Waals surface area (Å²) < 4.78 is 0. The molecule has 0 atom stereocenters. The van der Waals surface area contributed by atoms with Crippen molar-refractivity contribution in [3.8, 4) is 0 Å². The molecule has 4 heteroatoms. The van der Waals surface area contributed by atoms with E-state index in [1.54, 1.807) is 6.21 Å². The second-order valence-corrected chi connectivity index (χ2v) is 2.36. The van der Waals surface area contributed by atoms with Crippen LogP contribution in [0.1, 0.15) is 11.3 Å². The van der Waals surface area contributed by atoms with Gasteiger partial charge in [0.2, 0.25) is 0 Å². The first-order valence-electron chi connectivity index (χ1n) is 2.87. The van der Waals surface area contributed by atoms with E-state index in [9.17, 15) is 0 Å². The Morgan fingerprint density at radius 2 is 2.30 bits per heavy atom. The molecular formula is C6H4ClN3. The Kier molecular flexibility index (Phi) is 1.17. The molecule has 0 amide bonds. The molecule has 0 spiro atoms. The lowest BCUT2D eigenvalue weighted by Gasteiger charge is -1.94. The summed E-state index contributed by atoms with van der Waals surface area (Å²) in [6.45, 7) is 0.620. The van der Waals surface area contributed by atoms with Crippen molar-refractivity contribution in [2.24, 2.45) is 4.99 Å². The molecule has 1 aromatic rings. The summed E-state index contributed by atoms with van der Waals surface area (Å²) in [7, 11) is 0. The first-order chi connectivity index (χ1) is 4.88. The molecule has 1 aromatic heterocycles. The van der Waals surface area contributed by atoms with Crippen molar-refractivity contribution in [1.82, 2.24) is 9.97 Å².